The summed E-state index contributed by atoms with van der Waals surface area (Å²) in [4.78, 5) is 23.4. The fraction of sp³-hybridized carbons (Fsp3) is 0.625. The Kier molecular flexibility index (Phi) is 6.60. The molecule has 2 heterocycles. The van der Waals surface area contributed by atoms with E-state index in [9.17, 15) is 18.0 Å². The Morgan fingerprint density at radius 3 is 2.40 bits per heavy atom. The van der Waals surface area contributed by atoms with Gasteiger partial charge < -0.3 is 15.1 Å². The average molecular weight is 371 g/mol. The number of nitrogens with zero attached hydrogens (tertiary/aromatic N) is 1. The minimum absolute atomic E-state index is 0.0641. The summed E-state index contributed by atoms with van der Waals surface area (Å²) in [5.41, 5.74) is 0. The first-order valence-corrected chi connectivity index (χ1v) is 9.92. The Bertz CT molecular complexity index is 705. The van der Waals surface area contributed by atoms with Crippen LogP contribution in [0.15, 0.2) is 21.6 Å². The van der Waals surface area contributed by atoms with Crippen molar-refractivity contribution >= 4 is 21.8 Å². The number of furan rings is 1. The van der Waals surface area contributed by atoms with Crippen LogP contribution < -0.4 is 10.6 Å². The van der Waals surface area contributed by atoms with E-state index in [-0.39, 0.29) is 29.2 Å². The van der Waals surface area contributed by atoms with E-state index < -0.39 is 15.9 Å². The normalized spacial score (nSPS) is 16.0. The zero-order chi connectivity index (χ0) is 18.4. The molecule has 1 aliphatic rings. The number of amides is 2. The number of hydrogen-bond acceptors (Lipinski definition) is 5. The smallest absolute Gasteiger partial charge is 0.287 e. The van der Waals surface area contributed by atoms with Crippen LogP contribution in [-0.2, 0) is 14.8 Å². The summed E-state index contributed by atoms with van der Waals surface area (Å²) in [6, 6.07) is 2.65. The molecule has 2 rings (SSSR count). The Labute approximate surface area is 148 Å². The molecule has 8 nitrogen and oxygen atoms in total. The van der Waals surface area contributed by atoms with Gasteiger partial charge in [-0.1, -0.05) is 20.3 Å². The molecule has 0 radical (unpaired) electrons. The van der Waals surface area contributed by atoms with Crippen LogP contribution >= 0.6 is 0 Å². The first kappa shape index (κ1) is 19.5. The lowest BCUT2D eigenvalue weighted by atomic mass is 10.2. The van der Waals surface area contributed by atoms with Gasteiger partial charge in [0, 0.05) is 32.1 Å². The predicted molar refractivity (Wildman–Crippen MR) is 91.5 cm³/mol. The standard InChI is InChI=1S/C16H25N3O5S/c1-12(2)15(20)17-8-9-18-16(21)13-6-7-14(24-13)25(22,23)19-10-4-3-5-11-19/h6-7,12H,3-5,8-11H2,1-2H3,(H,17,20)(H,18,21). The van der Waals surface area contributed by atoms with Gasteiger partial charge >= 0.3 is 0 Å². The van der Waals surface area contributed by atoms with E-state index in [1.54, 1.807) is 13.8 Å². The largest absolute Gasteiger partial charge is 0.438 e. The lowest BCUT2D eigenvalue weighted by Gasteiger charge is -2.24. The molecule has 1 aromatic heterocycles. The maximum Gasteiger partial charge on any atom is 0.287 e. The van der Waals surface area contributed by atoms with E-state index in [2.05, 4.69) is 10.6 Å². The van der Waals surface area contributed by atoms with Crippen molar-refractivity contribution in [3.63, 3.8) is 0 Å². The average Bonchev–Trinajstić information content (AvgIpc) is 3.10. The lowest BCUT2D eigenvalue weighted by molar-refractivity contribution is -0.123. The molecule has 0 bridgehead atoms. The highest BCUT2D eigenvalue weighted by molar-refractivity contribution is 7.89. The third-order valence-electron chi connectivity index (χ3n) is 3.95. The molecule has 1 saturated heterocycles. The zero-order valence-corrected chi connectivity index (χ0v) is 15.4. The molecule has 9 heteroatoms. The van der Waals surface area contributed by atoms with Crippen LogP contribution in [0.25, 0.3) is 0 Å². The number of carbonyl (C=O) groups excluding carboxylic acids is 2. The Morgan fingerprint density at radius 2 is 1.76 bits per heavy atom. The van der Waals surface area contributed by atoms with Crippen molar-refractivity contribution in [3.8, 4) is 0 Å². The third kappa shape index (κ3) is 5.05. The number of carbonyl (C=O) groups is 2. The Hall–Kier alpha value is -1.87. The summed E-state index contributed by atoms with van der Waals surface area (Å²) in [7, 11) is -3.69. The van der Waals surface area contributed by atoms with Crippen molar-refractivity contribution in [3.05, 3.63) is 17.9 Å². The van der Waals surface area contributed by atoms with Crippen LogP contribution in [-0.4, -0.2) is 50.7 Å². The van der Waals surface area contributed by atoms with E-state index in [0.717, 1.165) is 19.3 Å². The molecule has 1 aromatic rings. The molecule has 0 unspecified atom stereocenters. The van der Waals surface area contributed by atoms with Crippen molar-refractivity contribution in [1.29, 1.82) is 0 Å². The fourth-order valence-corrected chi connectivity index (χ4v) is 3.89. The molecule has 25 heavy (non-hydrogen) atoms. The number of piperidine rings is 1. The van der Waals surface area contributed by atoms with Crippen LogP contribution in [0, 0.1) is 5.92 Å². The van der Waals surface area contributed by atoms with Gasteiger partial charge in [0.1, 0.15) is 0 Å². The molecule has 1 aliphatic heterocycles. The zero-order valence-electron chi connectivity index (χ0n) is 14.6. The van der Waals surface area contributed by atoms with Crippen molar-refractivity contribution in [1.82, 2.24) is 14.9 Å². The SMILES string of the molecule is CC(C)C(=O)NCCNC(=O)c1ccc(S(=O)(=O)N2CCCCC2)o1. The molecule has 0 spiro atoms. The second-order valence-electron chi connectivity index (χ2n) is 6.29. The summed E-state index contributed by atoms with van der Waals surface area (Å²) in [6.07, 6.45) is 2.68. The Morgan fingerprint density at radius 1 is 1.12 bits per heavy atom. The van der Waals surface area contributed by atoms with Gasteiger partial charge in [-0.25, -0.2) is 8.42 Å². The van der Waals surface area contributed by atoms with Crippen LogP contribution in [0.3, 0.4) is 0 Å². The monoisotopic (exact) mass is 371 g/mol. The number of rotatable bonds is 7. The lowest BCUT2D eigenvalue weighted by Crippen LogP contribution is -2.36. The fourth-order valence-electron chi connectivity index (χ4n) is 2.47. The van der Waals surface area contributed by atoms with E-state index in [1.807, 2.05) is 0 Å². The second kappa shape index (κ2) is 8.48. The van der Waals surface area contributed by atoms with E-state index in [4.69, 9.17) is 4.42 Å². The van der Waals surface area contributed by atoms with Crippen LogP contribution in [0.1, 0.15) is 43.7 Å². The number of sulfonamides is 1. The quantitative estimate of drug-likeness (QED) is 0.694. The number of hydrogen-bond donors (Lipinski definition) is 2. The summed E-state index contributed by atoms with van der Waals surface area (Å²) < 4.78 is 31.6. The van der Waals surface area contributed by atoms with E-state index >= 15 is 0 Å². The molecular formula is C16H25N3O5S. The second-order valence-corrected chi connectivity index (χ2v) is 8.15. The summed E-state index contributed by atoms with van der Waals surface area (Å²) in [5, 5.41) is 5.04. The van der Waals surface area contributed by atoms with Crippen molar-refractivity contribution in [2.45, 2.75) is 38.2 Å². The highest BCUT2D eigenvalue weighted by Crippen LogP contribution is 2.22. The van der Waals surface area contributed by atoms with Gasteiger partial charge in [-0.3, -0.25) is 9.59 Å². The molecule has 2 N–H and O–H groups in total. The van der Waals surface area contributed by atoms with Crippen molar-refractivity contribution < 1.29 is 22.4 Å². The molecule has 2 amide bonds. The minimum atomic E-state index is -3.69. The first-order chi connectivity index (χ1) is 11.8. The van der Waals surface area contributed by atoms with Crippen LogP contribution in [0.2, 0.25) is 0 Å². The first-order valence-electron chi connectivity index (χ1n) is 8.48. The van der Waals surface area contributed by atoms with E-state index in [1.165, 1.54) is 16.4 Å². The van der Waals surface area contributed by atoms with Gasteiger partial charge in [-0.15, -0.1) is 0 Å². The molecule has 0 aliphatic carbocycles. The van der Waals surface area contributed by atoms with Gasteiger partial charge in [-0.05, 0) is 25.0 Å². The van der Waals surface area contributed by atoms with Crippen LogP contribution in [0.5, 0.6) is 0 Å². The molecular weight excluding hydrogens is 346 g/mol. The molecule has 140 valence electrons. The van der Waals surface area contributed by atoms with Gasteiger partial charge in [-0.2, -0.15) is 4.31 Å². The maximum atomic E-state index is 12.5. The van der Waals surface area contributed by atoms with Crippen molar-refractivity contribution in [2.75, 3.05) is 26.2 Å². The number of nitrogens with one attached hydrogen (secondary N) is 2. The minimum Gasteiger partial charge on any atom is -0.438 e. The van der Waals surface area contributed by atoms with Crippen LogP contribution in [0.4, 0.5) is 0 Å². The summed E-state index contributed by atoms with van der Waals surface area (Å²) >= 11 is 0. The highest BCUT2D eigenvalue weighted by Gasteiger charge is 2.29. The summed E-state index contributed by atoms with van der Waals surface area (Å²) in [6.45, 7) is 5.02. The summed E-state index contributed by atoms with van der Waals surface area (Å²) in [5.74, 6) is -0.796. The van der Waals surface area contributed by atoms with Gasteiger partial charge in [0.05, 0.1) is 0 Å². The van der Waals surface area contributed by atoms with Gasteiger partial charge in [0.15, 0.2) is 5.76 Å². The van der Waals surface area contributed by atoms with Gasteiger partial charge in [0.2, 0.25) is 11.0 Å². The van der Waals surface area contributed by atoms with Gasteiger partial charge in [0.25, 0.3) is 15.9 Å². The highest BCUT2D eigenvalue weighted by atomic mass is 32.2. The van der Waals surface area contributed by atoms with Crippen molar-refractivity contribution in [2.24, 2.45) is 5.92 Å². The van der Waals surface area contributed by atoms with E-state index in [0.29, 0.717) is 19.6 Å². The molecule has 0 saturated carbocycles. The maximum absolute atomic E-state index is 12.5. The topological polar surface area (TPSA) is 109 Å². The molecule has 0 aromatic carbocycles. The molecule has 0 atom stereocenters. The Balaban J connectivity index is 1.89. The third-order valence-corrected chi connectivity index (χ3v) is 5.72. The predicted octanol–water partition coefficient (Wildman–Crippen LogP) is 0.956. The molecule has 1 fully saturated rings.